The van der Waals surface area contributed by atoms with Crippen molar-refractivity contribution in [2.75, 3.05) is 26.7 Å². The molecule has 0 aliphatic carbocycles. The highest BCUT2D eigenvalue weighted by Crippen LogP contribution is 2.38. The SMILES string of the molecule is CCO[C@@H](CN(C)C(=O)OC(C)(C)C)CN1[C@H](O)c2ccccc2[C@H]1O. The number of rotatable bonds is 6. The molecule has 26 heavy (non-hydrogen) atoms. The zero-order valence-electron chi connectivity index (χ0n) is 16.2. The first-order valence-electron chi connectivity index (χ1n) is 8.90. The van der Waals surface area contributed by atoms with Gasteiger partial charge in [-0.15, -0.1) is 0 Å². The summed E-state index contributed by atoms with van der Waals surface area (Å²) in [5.41, 5.74) is 0.807. The van der Waals surface area contributed by atoms with Gasteiger partial charge in [-0.05, 0) is 27.7 Å². The second kappa shape index (κ2) is 8.35. The van der Waals surface area contributed by atoms with Crippen molar-refractivity contribution in [2.24, 2.45) is 0 Å². The standard InChI is InChI=1S/C19H30N2O5/c1-6-25-13(11-20(5)18(24)26-19(2,3)4)12-21-16(22)14-9-7-8-10-15(14)17(21)23/h7-10,13,16-17,22-23H,6,11-12H2,1-5H3/t13-,16+,17+/m0/s1. The molecule has 146 valence electrons. The third-order valence-corrected chi connectivity index (χ3v) is 4.18. The van der Waals surface area contributed by atoms with Crippen LogP contribution in [0.4, 0.5) is 4.79 Å². The fraction of sp³-hybridized carbons (Fsp3) is 0.632. The quantitative estimate of drug-likeness (QED) is 0.804. The number of carbonyl (C=O) groups is 1. The molecule has 0 unspecified atom stereocenters. The van der Waals surface area contributed by atoms with Gasteiger partial charge in [-0.3, -0.25) is 0 Å². The van der Waals surface area contributed by atoms with Gasteiger partial charge in [0.1, 0.15) is 18.1 Å². The van der Waals surface area contributed by atoms with Crippen LogP contribution < -0.4 is 0 Å². The van der Waals surface area contributed by atoms with Crippen molar-refractivity contribution in [3.05, 3.63) is 35.4 Å². The molecule has 7 heteroatoms. The largest absolute Gasteiger partial charge is 0.444 e. The van der Waals surface area contributed by atoms with Gasteiger partial charge in [0, 0.05) is 31.3 Å². The number of nitrogens with zero attached hydrogens (tertiary/aromatic N) is 2. The van der Waals surface area contributed by atoms with E-state index < -0.39 is 24.2 Å². The molecule has 1 amide bonds. The van der Waals surface area contributed by atoms with Crippen LogP contribution in [0.2, 0.25) is 0 Å². The Labute approximate surface area is 155 Å². The van der Waals surface area contributed by atoms with Gasteiger partial charge in [0.2, 0.25) is 0 Å². The van der Waals surface area contributed by atoms with E-state index >= 15 is 0 Å². The van der Waals surface area contributed by atoms with Crippen molar-refractivity contribution in [1.29, 1.82) is 0 Å². The molecule has 2 N–H and O–H groups in total. The van der Waals surface area contributed by atoms with E-state index in [9.17, 15) is 15.0 Å². The van der Waals surface area contributed by atoms with E-state index in [-0.39, 0.29) is 19.2 Å². The molecule has 1 aliphatic heterocycles. The highest BCUT2D eigenvalue weighted by molar-refractivity contribution is 5.67. The number of carbonyl (C=O) groups excluding carboxylic acids is 1. The molecule has 1 aromatic carbocycles. The molecule has 2 rings (SSSR count). The van der Waals surface area contributed by atoms with Crippen molar-refractivity contribution >= 4 is 6.09 Å². The molecule has 0 bridgehead atoms. The number of likely N-dealkylation sites (N-methyl/N-ethyl adjacent to an activating group) is 1. The van der Waals surface area contributed by atoms with Gasteiger partial charge in [-0.25, -0.2) is 9.69 Å². The molecule has 0 fully saturated rings. The van der Waals surface area contributed by atoms with Crippen LogP contribution in [-0.4, -0.2) is 64.6 Å². The van der Waals surface area contributed by atoms with Crippen LogP contribution in [0.3, 0.4) is 0 Å². The molecule has 3 atom stereocenters. The van der Waals surface area contributed by atoms with Crippen LogP contribution >= 0.6 is 0 Å². The van der Waals surface area contributed by atoms with Crippen LogP contribution in [0.1, 0.15) is 51.3 Å². The van der Waals surface area contributed by atoms with Crippen LogP contribution in [0.15, 0.2) is 24.3 Å². The molecule has 0 saturated heterocycles. The van der Waals surface area contributed by atoms with Crippen molar-refractivity contribution in [2.45, 2.75) is 51.9 Å². The number of benzene rings is 1. The number of amides is 1. The zero-order valence-corrected chi connectivity index (χ0v) is 16.2. The first-order chi connectivity index (χ1) is 12.1. The van der Waals surface area contributed by atoms with Crippen LogP contribution in [0, 0.1) is 0 Å². The van der Waals surface area contributed by atoms with Crippen LogP contribution in [0.5, 0.6) is 0 Å². The number of fused-ring (bicyclic) bond motifs is 1. The Balaban J connectivity index is 2.03. The molecule has 0 radical (unpaired) electrons. The van der Waals surface area contributed by atoms with E-state index in [1.54, 1.807) is 24.1 Å². The van der Waals surface area contributed by atoms with Gasteiger partial charge in [0.15, 0.2) is 0 Å². The van der Waals surface area contributed by atoms with E-state index in [0.717, 1.165) is 0 Å². The van der Waals surface area contributed by atoms with E-state index in [1.807, 2.05) is 39.8 Å². The summed E-state index contributed by atoms with van der Waals surface area (Å²) in [6, 6.07) is 7.25. The summed E-state index contributed by atoms with van der Waals surface area (Å²) in [4.78, 5) is 15.2. The number of aliphatic hydroxyl groups excluding tert-OH is 2. The summed E-state index contributed by atoms with van der Waals surface area (Å²) in [5.74, 6) is 0. The number of hydrogen-bond donors (Lipinski definition) is 2. The number of hydrogen-bond acceptors (Lipinski definition) is 6. The molecule has 1 aromatic rings. The maximum atomic E-state index is 12.2. The van der Waals surface area contributed by atoms with E-state index in [1.165, 1.54) is 4.90 Å². The Morgan fingerprint density at radius 2 is 1.77 bits per heavy atom. The number of ether oxygens (including phenoxy) is 2. The maximum Gasteiger partial charge on any atom is 0.410 e. The fourth-order valence-corrected chi connectivity index (χ4v) is 3.03. The lowest BCUT2D eigenvalue weighted by molar-refractivity contribution is -0.111. The second-order valence-electron chi connectivity index (χ2n) is 7.51. The second-order valence-corrected chi connectivity index (χ2v) is 7.51. The summed E-state index contributed by atoms with van der Waals surface area (Å²) in [6.45, 7) is 8.33. The van der Waals surface area contributed by atoms with Gasteiger partial charge >= 0.3 is 6.09 Å². The Hall–Kier alpha value is -1.67. The van der Waals surface area contributed by atoms with Crippen LogP contribution in [0.25, 0.3) is 0 Å². The predicted octanol–water partition coefficient (Wildman–Crippen LogP) is 2.26. The summed E-state index contributed by atoms with van der Waals surface area (Å²) >= 11 is 0. The van der Waals surface area contributed by atoms with Crippen molar-refractivity contribution in [3.8, 4) is 0 Å². The lowest BCUT2D eigenvalue weighted by Crippen LogP contribution is -2.44. The maximum absolute atomic E-state index is 12.2. The molecular weight excluding hydrogens is 336 g/mol. The smallest absolute Gasteiger partial charge is 0.410 e. The summed E-state index contributed by atoms with van der Waals surface area (Å²) in [5, 5.41) is 21.1. The Morgan fingerprint density at radius 1 is 1.23 bits per heavy atom. The highest BCUT2D eigenvalue weighted by atomic mass is 16.6. The average Bonchev–Trinajstić information content (AvgIpc) is 2.79. The highest BCUT2D eigenvalue weighted by Gasteiger charge is 2.37. The molecule has 0 aromatic heterocycles. The Morgan fingerprint density at radius 3 is 2.23 bits per heavy atom. The van der Waals surface area contributed by atoms with Crippen molar-refractivity contribution < 1.29 is 24.5 Å². The molecule has 0 saturated carbocycles. The van der Waals surface area contributed by atoms with Gasteiger partial charge in [-0.2, -0.15) is 0 Å². The van der Waals surface area contributed by atoms with Crippen molar-refractivity contribution in [1.82, 2.24) is 9.80 Å². The number of aliphatic hydroxyl groups is 2. The molecular formula is C19H30N2O5. The van der Waals surface area contributed by atoms with Gasteiger partial charge in [0.25, 0.3) is 0 Å². The molecule has 0 spiro atoms. The average molecular weight is 366 g/mol. The predicted molar refractivity (Wildman–Crippen MR) is 97.3 cm³/mol. The normalized spacial score (nSPS) is 21.3. The van der Waals surface area contributed by atoms with Gasteiger partial charge in [0.05, 0.1) is 12.6 Å². The van der Waals surface area contributed by atoms with E-state index in [0.29, 0.717) is 17.7 Å². The Bertz CT molecular complexity index is 587. The van der Waals surface area contributed by atoms with Crippen molar-refractivity contribution in [3.63, 3.8) is 0 Å². The van der Waals surface area contributed by atoms with E-state index in [4.69, 9.17) is 9.47 Å². The zero-order chi connectivity index (χ0) is 19.5. The van der Waals surface area contributed by atoms with E-state index in [2.05, 4.69) is 0 Å². The summed E-state index contributed by atoms with van der Waals surface area (Å²) in [6.07, 6.45) is -2.63. The third kappa shape index (κ3) is 4.94. The van der Waals surface area contributed by atoms with Gasteiger partial charge in [-0.1, -0.05) is 24.3 Å². The lowest BCUT2D eigenvalue weighted by atomic mass is 10.1. The summed E-state index contributed by atoms with van der Waals surface area (Å²) in [7, 11) is 1.64. The minimum Gasteiger partial charge on any atom is -0.444 e. The first-order valence-corrected chi connectivity index (χ1v) is 8.90. The Kier molecular flexibility index (Phi) is 6.63. The monoisotopic (exact) mass is 366 g/mol. The topological polar surface area (TPSA) is 82.5 Å². The van der Waals surface area contributed by atoms with Crippen LogP contribution in [-0.2, 0) is 9.47 Å². The lowest BCUT2D eigenvalue weighted by Gasteiger charge is -2.32. The molecule has 1 heterocycles. The minimum atomic E-state index is -0.906. The molecule has 7 nitrogen and oxygen atoms in total. The van der Waals surface area contributed by atoms with Gasteiger partial charge < -0.3 is 24.6 Å². The molecule has 1 aliphatic rings. The third-order valence-electron chi connectivity index (χ3n) is 4.18. The summed E-state index contributed by atoms with van der Waals surface area (Å²) < 4.78 is 11.1. The first kappa shape index (κ1) is 20.6. The fourth-order valence-electron chi connectivity index (χ4n) is 3.03. The minimum absolute atomic E-state index is 0.276.